The summed E-state index contributed by atoms with van der Waals surface area (Å²) in [5, 5.41) is 7.27. The quantitative estimate of drug-likeness (QED) is 0.710. The van der Waals surface area contributed by atoms with Crippen LogP contribution in [0.15, 0.2) is 47.3 Å². The first kappa shape index (κ1) is 17.9. The van der Waals surface area contributed by atoms with Crippen molar-refractivity contribution < 1.29 is 4.79 Å². The highest BCUT2D eigenvalue weighted by Crippen LogP contribution is 2.29. The topological polar surface area (TPSA) is 64.0 Å². The van der Waals surface area contributed by atoms with Crippen LogP contribution in [0.3, 0.4) is 0 Å². The second-order valence-corrected chi connectivity index (χ2v) is 8.32. The van der Waals surface area contributed by atoms with Crippen molar-refractivity contribution in [2.45, 2.75) is 32.2 Å². The van der Waals surface area contributed by atoms with E-state index in [4.69, 9.17) is 11.6 Å². The third kappa shape index (κ3) is 3.68. The Kier molecular flexibility index (Phi) is 4.85. The molecule has 0 aliphatic heterocycles. The molecule has 2 aromatic heterocycles. The van der Waals surface area contributed by atoms with Crippen LogP contribution in [-0.2, 0) is 17.6 Å². The number of rotatable bonds is 4. The van der Waals surface area contributed by atoms with Crippen LogP contribution in [0.1, 0.15) is 30.5 Å². The number of nitrogens with zero attached hydrogens (tertiary/aromatic N) is 2. The first-order valence-corrected chi connectivity index (χ1v) is 9.99. The number of aromatic nitrogens is 2. The van der Waals surface area contributed by atoms with E-state index in [1.54, 1.807) is 19.1 Å². The van der Waals surface area contributed by atoms with Crippen molar-refractivity contribution >= 4 is 34.5 Å². The van der Waals surface area contributed by atoms with Gasteiger partial charge in [-0.3, -0.25) is 9.59 Å². The van der Waals surface area contributed by atoms with Gasteiger partial charge in [0.25, 0.3) is 5.56 Å². The van der Waals surface area contributed by atoms with E-state index in [1.807, 2.05) is 18.2 Å². The molecule has 138 valence electrons. The van der Waals surface area contributed by atoms with E-state index < -0.39 is 6.04 Å². The van der Waals surface area contributed by atoms with E-state index in [0.29, 0.717) is 10.0 Å². The van der Waals surface area contributed by atoms with Crippen LogP contribution in [0.25, 0.3) is 10.6 Å². The van der Waals surface area contributed by atoms with Crippen LogP contribution >= 0.6 is 22.9 Å². The molecule has 5 nitrogen and oxygen atoms in total. The molecule has 0 radical (unpaired) electrons. The van der Waals surface area contributed by atoms with Gasteiger partial charge in [0.2, 0.25) is 5.91 Å². The van der Waals surface area contributed by atoms with Crippen molar-refractivity contribution in [3.8, 4) is 10.6 Å². The number of amides is 1. The smallest absolute Gasteiger partial charge is 0.267 e. The zero-order chi connectivity index (χ0) is 19.0. The van der Waals surface area contributed by atoms with Gasteiger partial charge in [-0.05, 0) is 67.6 Å². The maximum absolute atomic E-state index is 12.7. The van der Waals surface area contributed by atoms with Gasteiger partial charge in [-0.2, -0.15) is 5.10 Å². The number of halogens is 1. The minimum absolute atomic E-state index is 0.274. The number of hydrogen-bond acceptors (Lipinski definition) is 4. The molecular weight excluding hydrogens is 382 g/mol. The molecule has 0 bridgehead atoms. The normalized spacial score (nSPS) is 14.0. The van der Waals surface area contributed by atoms with Crippen LogP contribution in [0.2, 0.25) is 4.34 Å². The van der Waals surface area contributed by atoms with E-state index in [-0.39, 0.29) is 11.5 Å². The number of benzene rings is 1. The van der Waals surface area contributed by atoms with Gasteiger partial charge < -0.3 is 5.32 Å². The molecule has 0 fully saturated rings. The highest BCUT2D eigenvalue weighted by molar-refractivity contribution is 7.19. The van der Waals surface area contributed by atoms with Gasteiger partial charge in [0.15, 0.2) is 0 Å². The SMILES string of the molecule is C[C@@H](C(=O)Nc1ccc2c(c1)CCC2)n1nc(-c2ccc(Cl)s2)ccc1=O. The molecule has 27 heavy (non-hydrogen) atoms. The fraction of sp³-hybridized carbons (Fsp3) is 0.250. The Morgan fingerprint density at radius 3 is 2.78 bits per heavy atom. The van der Waals surface area contributed by atoms with Crippen molar-refractivity contribution in [2.24, 2.45) is 0 Å². The fourth-order valence-electron chi connectivity index (χ4n) is 3.29. The van der Waals surface area contributed by atoms with Crippen LogP contribution in [0.5, 0.6) is 0 Å². The third-order valence-corrected chi connectivity index (χ3v) is 6.02. The number of nitrogens with one attached hydrogen (secondary N) is 1. The largest absolute Gasteiger partial charge is 0.324 e. The summed E-state index contributed by atoms with van der Waals surface area (Å²) in [7, 11) is 0. The maximum Gasteiger partial charge on any atom is 0.267 e. The van der Waals surface area contributed by atoms with Gasteiger partial charge in [0.05, 0.1) is 9.21 Å². The third-order valence-electron chi connectivity index (χ3n) is 4.76. The molecule has 4 rings (SSSR count). The summed E-state index contributed by atoms with van der Waals surface area (Å²) < 4.78 is 1.86. The zero-order valence-corrected chi connectivity index (χ0v) is 16.3. The van der Waals surface area contributed by atoms with Crippen LogP contribution < -0.4 is 10.9 Å². The summed E-state index contributed by atoms with van der Waals surface area (Å²) in [5.74, 6) is -0.274. The minimum Gasteiger partial charge on any atom is -0.324 e. The van der Waals surface area contributed by atoms with Gasteiger partial charge in [-0.1, -0.05) is 17.7 Å². The number of fused-ring (bicyclic) bond motifs is 1. The molecular formula is C20H18ClN3O2S. The Hall–Kier alpha value is -2.44. The Labute approximate surface area is 165 Å². The molecule has 1 aliphatic carbocycles. The van der Waals surface area contributed by atoms with Crippen molar-refractivity contribution in [1.82, 2.24) is 9.78 Å². The zero-order valence-electron chi connectivity index (χ0n) is 14.7. The standard InChI is InChI=1S/C20H18ClN3O2S/c1-12(20(26)22-15-6-5-13-3-2-4-14(13)11-15)24-19(25)10-7-16(23-24)17-8-9-18(21)27-17/h5-12H,2-4H2,1H3,(H,22,26)/t12-/m0/s1. The Bertz CT molecular complexity index is 1070. The molecule has 0 saturated heterocycles. The lowest BCUT2D eigenvalue weighted by atomic mass is 10.1. The van der Waals surface area contributed by atoms with E-state index in [1.165, 1.54) is 33.2 Å². The first-order chi connectivity index (χ1) is 13.0. The number of carbonyl (C=O) groups is 1. The molecule has 1 N–H and O–H groups in total. The van der Waals surface area contributed by atoms with Crippen molar-refractivity contribution in [1.29, 1.82) is 0 Å². The highest BCUT2D eigenvalue weighted by Gasteiger charge is 2.19. The monoisotopic (exact) mass is 399 g/mol. The number of anilines is 1. The molecule has 7 heteroatoms. The summed E-state index contributed by atoms with van der Waals surface area (Å²) in [6.45, 7) is 1.67. The van der Waals surface area contributed by atoms with Crippen LogP contribution in [0, 0.1) is 0 Å². The van der Waals surface area contributed by atoms with E-state index in [0.717, 1.165) is 29.8 Å². The lowest BCUT2D eigenvalue weighted by Gasteiger charge is -2.15. The van der Waals surface area contributed by atoms with Crippen LogP contribution in [-0.4, -0.2) is 15.7 Å². The van der Waals surface area contributed by atoms with E-state index in [2.05, 4.69) is 16.5 Å². The fourth-order valence-corrected chi connectivity index (χ4v) is 4.30. The predicted molar refractivity (Wildman–Crippen MR) is 109 cm³/mol. The summed E-state index contributed by atoms with van der Waals surface area (Å²) in [6, 6.07) is 12.0. The lowest BCUT2D eigenvalue weighted by molar-refractivity contribution is -0.119. The van der Waals surface area contributed by atoms with E-state index >= 15 is 0 Å². The molecule has 0 unspecified atom stereocenters. The van der Waals surface area contributed by atoms with Gasteiger partial charge in [-0.15, -0.1) is 11.3 Å². The van der Waals surface area contributed by atoms with E-state index in [9.17, 15) is 9.59 Å². The Morgan fingerprint density at radius 1 is 1.19 bits per heavy atom. The average Bonchev–Trinajstić information content (AvgIpc) is 3.30. The lowest BCUT2D eigenvalue weighted by Crippen LogP contribution is -2.33. The van der Waals surface area contributed by atoms with Gasteiger partial charge in [-0.25, -0.2) is 4.68 Å². The summed E-state index contributed by atoms with van der Waals surface area (Å²) >= 11 is 7.36. The van der Waals surface area contributed by atoms with Gasteiger partial charge >= 0.3 is 0 Å². The van der Waals surface area contributed by atoms with Gasteiger partial charge in [0, 0.05) is 11.8 Å². The summed E-state index contributed by atoms with van der Waals surface area (Å²) in [4.78, 5) is 25.8. The summed E-state index contributed by atoms with van der Waals surface area (Å²) in [6.07, 6.45) is 3.29. The maximum atomic E-state index is 12.7. The molecule has 2 heterocycles. The summed E-state index contributed by atoms with van der Waals surface area (Å²) in [5.41, 5.74) is 3.68. The van der Waals surface area contributed by atoms with Gasteiger partial charge in [0.1, 0.15) is 11.7 Å². The predicted octanol–water partition coefficient (Wildman–Crippen LogP) is 4.31. The van der Waals surface area contributed by atoms with Crippen molar-refractivity contribution in [3.63, 3.8) is 0 Å². The minimum atomic E-state index is -0.735. The number of carbonyl (C=O) groups excluding carboxylic acids is 1. The molecule has 1 atom stereocenters. The highest BCUT2D eigenvalue weighted by atomic mass is 35.5. The molecule has 3 aromatic rings. The molecule has 1 amide bonds. The molecule has 1 aliphatic rings. The number of aryl methyl sites for hydroxylation is 2. The number of hydrogen-bond donors (Lipinski definition) is 1. The second-order valence-electron chi connectivity index (χ2n) is 6.61. The molecule has 0 spiro atoms. The van der Waals surface area contributed by atoms with Crippen molar-refractivity contribution in [3.05, 3.63) is 68.3 Å². The van der Waals surface area contributed by atoms with Crippen molar-refractivity contribution in [2.75, 3.05) is 5.32 Å². The molecule has 0 saturated carbocycles. The first-order valence-electron chi connectivity index (χ1n) is 8.79. The Balaban J connectivity index is 1.57. The average molecular weight is 400 g/mol. The van der Waals surface area contributed by atoms with Crippen LogP contribution in [0.4, 0.5) is 5.69 Å². The number of thiophene rings is 1. The molecule has 1 aromatic carbocycles. The Morgan fingerprint density at radius 2 is 2.00 bits per heavy atom. The second kappa shape index (κ2) is 7.29.